The van der Waals surface area contributed by atoms with E-state index in [1.807, 2.05) is 42.2 Å². The minimum atomic E-state index is -0.372. The summed E-state index contributed by atoms with van der Waals surface area (Å²) in [5.74, 6) is -1.10. The molecule has 1 aliphatic rings. The molecule has 0 spiro atoms. The van der Waals surface area contributed by atoms with Gasteiger partial charge in [-0.3, -0.25) is 14.5 Å². The Morgan fingerprint density at radius 3 is 2.12 bits per heavy atom. The Kier molecular flexibility index (Phi) is 6.37. The number of rotatable bonds is 7. The molecule has 0 fully saturated rings. The predicted molar refractivity (Wildman–Crippen MR) is 123 cm³/mol. The summed E-state index contributed by atoms with van der Waals surface area (Å²) in [4.78, 5) is 30.1. The maximum Gasteiger partial charge on any atom is 0.278 e. The lowest BCUT2D eigenvalue weighted by atomic mass is 10.0. The fourth-order valence-corrected chi connectivity index (χ4v) is 3.93. The minimum Gasteiger partial charge on any atom is -0.362 e. The highest BCUT2D eigenvalue weighted by Gasteiger charge is 2.41. The van der Waals surface area contributed by atoms with Gasteiger partial charge in [0.05, 0.1) is 12.1 Å². The summed E-state index contributed by atoms with van der Waals surface area (Å²) in [6.45, 7) is 3.06. The van der Waals surface area contributed by atoms with E-state index in [-0.39, 0.29) is 24.2 Å². The predicted octanol–water partition coefficient (Wildman–Crippen LogP) is 5.28. The zero-order valence-corrected chi connectivity index (χ0v) is 18.3. The second kappa shape index (κ2) is 9.37. The molecule has 2 amide bonds. The molecular weight excluding hydrogens is 427 g/mol. The average molecular weight is 449 g/mol. The Morgan fingerprint density at radius 2 is 1.50 bits per heavy atom. The molecule has 1 aliphatic heterocycles. The fourth-order valence-electron chi connectivity index (χ4n) is 3.80. The van der Waals surface area contributed by atoms with Crippen LogP contribution >= 0.6 is 11.6 Å². The maximum absolute atomic E-state index is 13.5. The molecule has 32 heavy (non-hydrogen) atoms. The number of hydrogen-bond acceptors (Lipinski definition) is 3. The van der Waals surface area contributed by atoms with Crippen molar-refractivity contribution in [2.24, 2.45) is 0 Å². The third-order valence-corrected chi connectivity index (χ3v) is 5.70. The molecule has 0 aliphatic carbocycles. The summed E-state index contributed by atoms with van der Waals surface area (Å²) < 4.78 is 13.3. The van der Waals surface area contributed by atoms with Gasteiger partial charge in [-0.1, -0.05) is 66.2 Å². The quantitative estimate of drug-likeness (QED) is 0.461. The third-order valence-electron chi connectivity index (χ3n) is 5.44. The smallest absolute Gasteiger partial charge is 0.278 e. The molecule has 4 rings (SSSR count). The lowest BCUT2D eigenvalue weighted by Gasteiger charge is -2.25. The monoisotopic (exact) mass is 448 g/mol. The summed E-state index contributed by atoms with van der Waals surface area (Å²) >= 11 is 6.05. The standard InChI is InChI=1S/C26H22ClFN2O2/c1-2-29(16-18-6-4-3-5-7-18)24-23(20-10-12-21(27)13-11-20)25(31)30(26(24)32)17-19-8-14-22(28)15-9-19/h3-15H,2,16-17H2,1H3. The van der Waals surface area contributed by atoms with Crippen molar-refractivity contribution in [2.75, 3.05) is 6.54 Å². The Balaban J connectivity index is 1.75. The van der Waals surface area contributed by atoms with Gasteiger partial charge in [-0.2, -0.15) is 0 Å². The van der Waals surface area contributed by atoms with Gasteiger partial charge in [0.2, 0.25) is 0 Å². The van der Waals surface area contributed by atoms with Gasteiger partial charge in [-0.05, 0) is 47.9 Å². The molecule has 0 saturated carbocycles. The summed E-state index contributed by atoms with van der Waals surface area (Å²) in [6, 6.07) is 22.5. The van der Waals surface area contributed by atoms with Crippen molar-refractivity contribution < 1.29 is 14.0 Å². The van der Waals surface area contributed by atoms with Crippen LogP contribution in [0.4, 0.5) is 4.39 Å². The van der Waals surface area contributed by atoms with Crippen LogP contribution in [-0.2, 0) is 22.7 Å². The van der Waals surface area contributed by atoms with Crippen LogP contribution in [0.5, 0.6) is 0 Å². The van der Waals surface area contributed by atoms with E-state index in [0.29, 0.717) is 40.5 Å². The van der Waals surface area contributed by atoms with Crippen molar-refractivity contribution in [3.05, 3.63) is 112 Å². The van der Waals surface area contributed by atoms with Crippen LogP contribution < -0.4 is 0 Å². The van der Waals surface area contributed by atoms with Crippen LogP contribution in [0, 0.1) is 5.82 Å². The number of carbonyl (C=O) groups excluding carboxylic acids is 2. The van der Waals surface area contributed by atoms with E-state index in [2.05, 4.69) is 0 Å². The van der Waals surface area contributed by atoms with Crippen LogP contribution in [0.2, 0.25) is 5.02 Å². The van der Waals surface area contributed by atoms with E-state index in [0.717, 1.165) is 5.56 Å². The fraction of sp³-hybridized carbons (Fsp3) is 0.154. The molecule has 0 atom stereocenters. The molecular formula is C26H22ClFN2O2. The second-order valence-corrected chi connectivity index (χ2v) is 7.99. The van der Waals surface area contributed by atoms with Crippen LogP contribution in [-0.4, -0.2) is 28.2 Å². The third kappa shape index (κ3) is 4.43. The Hall–Kier alpha value is -3.44. The summed E-state index contributed by atoms with van der Waals surface area (Å²) in [7, 11) is 0. The molecule has 0 aromatic heterocycles. The van der Waals surface area contributed by atoms with E-state index >= 15 is 0 Å². The van der Waals surface area contributed by atoms with Crippen LogP contribution in [0.15, 0.2) is 84.6 Å². The van der Waals surface area contributed by atoms with Gasteiger partial charge in [-0.25, -0.2) is 4.39 Å². The molecule has 162 valence electrons. The van der Waals surface area contributed by atoms with E-state index < -0.39 is 0 Å². The van der Waals surface area contributed by atoms with E-state index in [4.69, 9.17) is 11.6 Å². The minimum absolute atomic E-state index is 0.0709. The molecule has 0 saturated heterocycles. The highest BCUT2D eigenvalue weighted by Crippen LogP contribution is 2.34. The van der Waals surface area contributed by atoms with Gasteiger partial charge < -0.3 is 4.90 Å². The molecule has 0 bridgehead atoms. The SMILES string of the molecule is CCN(Cc1ccccc1)C1=C(c2ccc(Cl)cc2)C(=O)N(Cc2ccc(F)cc2)C1=O. The van der Waals surface area contributed by atoms with E-state index in [1.165, 1.54) is 17.0 Å². The first-order chi connectivity index (χ1) is 15.5. The number of imide groups is 1. The zero-order chi connectivity index (χ0) is 22.7. The van der Waals surface area contributed by atoms with Crippen molar-refractivity contribution in [3.63, 3.8) is 0 Å². The van der Waals surface area contributed by atoms with Gasteiger partial charge in [0.1, 0.15) is 11.5 Å². The molecule has 0 unspecified atom stereocenters. The lowest BCUT2D eigenvalue weighted by Crippen LogP contribution is -2.34. The number of benzene rings is 3. The number of amides is 2. The van der Waals surface area contributed by atoms with Crippen LogP contribution in [0.3, 0.4) is 0 Å². The highest BCUT2D eigenvalue weighted by molar-refractivity contribution is 6.35. The summed E-state index contributed by atoms with van der Waals surface area (Å²) in [5.41, 5.74) is 3.07. The van der Waals surface area contributed by atoms with Gasteiger partial charge in [0.25, 0.3) is 11.8 Å². The van der Waals surface area contributed by atoms with Gasteiger partial charge in [0.15, 0.2) is 0 Å². The van der Waals surface area contributed by atoms with E-state index in [9.17, 15) is 14.0 Å². The van der Waals surface area contributed by atoms with Crippen molar-refractivity contribution >= 4 is 29.0 Å². The maximum atomic E-state index is 13.5. The van der Waals surface area contributed by atoms with Crippen LogP contribution in [0.25, 0.3) is 5.57 Å². The normalized spacial score (nSPS) is 13.8. The lowest BCUT2D eigenvalue weighted by molar-refractivity contribution is -0.138. The molecule has 6 heteroatoms. The molecule has 3 aromatic carbocycles. The number of nitrogens with zero attached hydrogens (tertiary/aromatic N) is 2. The number of likely N-dealkylation sites (N-methyl/N-ethyl adjacent to an activating group) is 1. The zero-order valence-electron chi connectivity index (χ0n) is 17.6. The Labute approximate surface area is 191 Å². The van der Waals surface area contributed by atoms with Crippen molar-refractivity contribution in [3.8, 4) is 0 Å². The first-order valence-electron chi connectivity index (χ1n) is 10.4. The van der Waals surface area contributed by atoms with Crippen molar-refractivity contribution in [1.29, 1.82) is 0 Å². The topological polar surface area (TPSA) is 40.6 Å². The summed E-state index contributed by atoms with van der Waals surface area (Å²) in [5, 5.41) is 0.549. The first-order valence-corrected chi connectivity index (χ1v) is 10.8. The van der Waals surface area contributed by atoms with Crippen molar-refractivity contribution in [2.45, 2.75) is 20.0 Å². The summed E-state index contributed by atoms with van der Waals surface area (Å²) in [6.07, 6.45) is 0. The Morgan fingerprint density at radius 1 is 0.844 bits per heavy atom. The van der Waals surface area contributed by atoms with Gasteiger partial charge in [-0.15, -0.1) is 0 Å². The number of halogens is 2. The average Bonchev–Trinajstić information content (AvgIpc) is 3.05. The highest BCUT2D eigenvalue weighted by atomic mass is 35.5. The number of carbonyl (C=O) groups is 2. The van der Waals surface area contributed by atoms with Gasteiger partial charge in [0, 0.05) is 18.1 Å². The molecule has 1 heterocycles. The van der Waals surface area contributed by atoms with Crippen LogP contribution in [0.1, 0.15) is 23.6 Å². The Bertz CT molecular complexity index is 1160. The van der Waals surface area contributed by atoms with Gasteiger partial charge >= 0.3 is 0 Å². The van der Waals surface area contributed by atoms with Crippen molar-refractivity contribution in [1.82, 2.24) is 9.80 Å². The largest absolute Gasteiger partial charge is 0.362 e. The second-order valence-electron chi connectivity index (χ2n) is 7.55. The molecule has 0 N–H and O–H groups in total. The first kappa shape index (κ1) is 21.8. The molecule has 4 nitrogen and oxygen atoms in total. The van der Waals surface area contributed by atoms with E-state index in [1.54, 1.807) is 36.4 Å². The molecule has 3 aromatic rings. The number of hydrogen-bond donors (Lipinski definition) is 0. The molecule has 0 radical (unpaired) electrons.